The van der Waals surface area contributed by atoms with Crippen molar-refractivity contribution >= 4 is 38.9 Å². The fraction of sp³-hybridized carbons (Fsp3) is 0.478. The summed E-state index contributed by atoms with van der Waals surface area (Å²) in [5.74, 6) is -5.86. The molecule has 1 saturated heterocycles. The zero-order chi connectivity index (χ0) is 31.4. The molecule has 42 heavy (non-hydrogen) atoms. The lowest BCUT2D eigenvalue weighted by Gasteiger charge is -2.31. The summed E-state index contributed by atoms with van der Waals surface area (Å²) in [4.78, 5) is 17.5. The van der Waals surface area contributed by atoms with Crippen molar-refractivity contribution < 1.29 is 49.1 Å². The zero-order valence-corrected chi connectivity index (χ0v) is 24.4. The Balaban J connectivity index is 1.81. The van der Waals surface area contributed by atoms with E-state index in [1.807, 2.05) is 0 Å². The Labute approximate surface area is 244 Å². The van der Waals surface area contributed by atoms with Crippen LogP contribution in [-0.2, 0) is 15.6 Å². The van der Waals surface area contributed by atoms with Crippen LogP contribution in [0.4, 0.5) is 26.3 Å². The van der Waals surface area contributed by atoms with Crippen LogP contribution in [0.3, 0.4) is 0 Å². The molecule has 0 aliphatic carbocycles. The number of alkyl halides is 5. The van der Waals surface area contributed by atoms with Gasteiger partial charge in [0, 0.05) is 38.5 Å². The van der Waals surface area contributed by atoms with E-state index in [4.69, 9.17) is 16.0 Å². The van der Waals surface area contributed by atoms with Gasteiger partial charge in [-0.05, 0) is 19.9 Å². The summed E-state index contributed by atoms with van der Waals surface area (Å²) in [6.45, 7) is 0.182. The number of hydrogen-bond acceptors (Lipinski definition) is 9. The summed E-state index contributed by atoms with van der Waals surface area (Å²) >= 11 is 6.87. The van der Waals surface area contributed by atoms with E-state index in [2.05, 4.69) is 15.2 Å². The highest BCUT2D eigenvalue weighted by Gasteiger charge is 2.39. The molecule has 230 valence electrons. The number of halogens is 7. The number of aliphatic hydroxyl groups is 1. The number of sulfonamides is 1. The van der Waals surface area contributed by atoms with Gasteiger partial charge in [0.2, 0.25) is 15.9 Å². The number of nitrogens with zero attached hydrogens (tertiary/aromatic N) is 5. The quantitative estimate of drug-likeness (QED) is 0.353. The van der Waals surface area contributed by atoms with E-state index in [0.29, 0.717) is 24.5 Å². The lowest BCUT2D eigenvalue weighted by molar-refractivity contribution is -0.134. The molecule has 4 rings (SSSR count). The van der Waals surface area contributed by atoms with E-state index < -0.39 is 68.8 Å². The van der Waals surface area contributed by atoms with Gasteiger partial charge in [0.15, 0.2) is 10.8 Å². The standard InChI is InChI=1S/C23H22ClF6N5O5S2/c1-21(2,37)20-33-32-17(40-20)18-31-15(19(36)35-8-6-22(26,27)7-9-35)16(41-18)11-4-5-12(14(25)13(11)24)42(38,39)34(3)10-23(28,29)30/h4-5,37H,6-10H2,1-3H3. The maximum Gasteiger partial charge on any atom is 0.402 e. The second-order valence-corrected chi connectivity index (χ2v) is 13.3. The molecule has 1 fully saturated rings. The van der Waals surface area contributed by atoms with Gasteiger partial charge in [0.25, 0.3) is 17.7 Å². The number of carbonyl (C=O) groups excluding carboxylic acids is 1. The topological polar surface area (TPSA) is 130 Å². The van der Waals surface area contributed by atoms with Gasteiger partial charge in [-0.2, -0.15) is 17.5 Å². The summed E-state index contributed by atoms with van der Waals surface area (Å²) in [6, 6.07) is 1.67. The maximum atomic E-state index is 15.4. The first-order valence-electron chi connectivity index (χ1n) is 12.0. The Hall–Kier alpha value is -2.80. The number of hydrogen-bond donors (Lipinski definition) is 1. The number of thiazole rings is 1. The Morgan fingerprint density at radius 2 is 1.83 bits per heavy atom. The van der Waals surface area contributed by atoms with Gasteiger partial charge in [-0.15, -0.1) is 21.5 Å². The van der Waals surface area contributed by atoms with Gasteiger partial charge in [-0.25, -0.2) is 26.6 Å². The number of carbonyl (C=O) groups is 1. The molecule has 3 aromatic rings. The fourth-order valence-electron chi connectivity index (χ4n) is 3.89. The lowest BCUT2D eigenvalue weighted by atomic mass is 10.1. The number of aromatic nitrogens is 3. The molecule has 0 saturated carbocycles. The SMILES string of the molecule is CN(CC(F)(F)F)S(=O)(=O)c1ccc(-c2sc(-c3nnc(C(C)(C)O)o3)nc2C(=O)N2CCC(F)(F)CC2)c(Cl)c1F. The summed E-state index contributed by atoms with van der Waals surface area (Å²) in [7, 11) is -4.37. The van der Waals surface area contributed by atoms with Crippen LogP contribution >= 0.6 is 22.9 Å². The molecule has 0 radical (unpaired) electrons. The average Bonchev–Trinajstić information content (AvgIpc) is 3.52. The van der Waals surface area contributed by atoms with Crippen molar-refractivity contribution in [3.63, 3.8) is 0 Å². The number of rotatable bonds is 7. The molecule has 0 atom stereocenters. The van der Waals surface area contributed by atoms with Crippen LogP contribution in [0.5, 0.6) is 0 Å². The number of benzene rings is 1. The molecule has 0 unspecified atom stereocenters. The van der Waals surface area contributed by atoms with Crippen molar-refractivity contribution in [2.45, 2.75) is 49.3 Å². The maximum absolute atomic E-state index is 15.4. The first kappa shape index (κ1) is 32.1. The van der Waals surface area contributed by atoms with Crippen molar-refractivity contribution in [3.8, 4) is 21.3 Å². The lowest BCUT2D eigenvalue weighted by Crippen LogP contribution is -2.43. The number of likely N-dealkylation sites (tertiary alicyclic amines) is 1. The highest BCUT2D eigenvalue weighted by Crippen LogP contribution is 2.42. The zero-order valence-electron chi connectivity index (χ0n) is 22.0. The molecule has 10 nitrogen and oxygen atoms in total. The number of piperidine rings is 1. The molecule has 0 spiro atoms. The molecule has 19 heteroatoms. The largest absolute Gasteiger partial charge is 0.415 e. The van der Waals surface area contributed by atoms with Crippen LogP contribution < -0.4 is 0 Å². The monoisotopic (exact) mass is 661 g/mol. The van der Waals surface area contributed by atoms with Crippen molar-refractivity contribution in [2.24, 2.45) is 0 Å². The minimum atomic E-state index is -4.99. The third kappa shape index (κ3) is 6.56. The molecule has 1 N–H and O–H groups in total. The van der Waals surface area contributed by atoms with E-state index in [1.54, 1.807) is 0 Å². The van der Waals surface area contributed by atoms with Crippen molar-refractivity contribution in [2.75, 3.05) is 26.7 Å². The molecular formula is C23H22ClF6N5O5S2. The fourth-order valence-corrected chi connectivity index (χ4v) is 6.50. The Morgan fingerprint density at radius 1 is 1.21 bits per heavy atom. The smallest absolute Gasteiger partial charge is 0.402 e. The van der Waals surface area contributed by atoms with Crippen molar-refractivity contribution in [3.05, 3.63) is 34.6 Å². The van der Waals surface area contributed by atoms with E-state index in [-0.39, 0.29) is 50.3 Å². The third-order valence-electron chi connectivity index (χ3n) is 6.12. The van der Waals surface area contributed by atoms with Gasteiger partial charge in [0.05, 0.1) is 9.90 Å². The second-order valence-electron chi connectivity index (χ2n) is 9.93. The van der Waals surface area contributed by atoms with Crippen LogP contribution in [0, 0.1) is 5.82 Å². The summed E-state index contributed by atoms with van der Waals surface area (Å²) < 4.78 is 112. The highest BCUT2D eigenvalue weighted by molar-refractivity contribution is 7.89. The van der Waals surface area contributed by atoms with E-state index >= 15 is 4.39 Å². The van der Waals surface area contributed by atoms with Gasteiger partial charge in [-0.1, -0.05) is 17.7 Å². The van der Waals surface area contributed by atoms with Crippen LogP contribution in [0.1, 0.15) is 43.1 Å². The molecule has 2 aromatic heterocycles. The van der Waals surface area contributed by atoms with Crippen LogP contribution in [-0.4, -0.2) is 82.6 Å². The first-order chi connectivity index (χ1) is 19.2. The van der Waals surface area contributed by atoms with Gasteiger partial charge in [-0.3, -0.25) is 4.79 Å². The second kappa shape index (κ2) is 11.0. The van der Waals surface area contributed by atoms with E-state index in [1.165, 1.54) is 13.8 Å². The molecule has 1 aromatic carbocycles. The normalized spacial score (nSPS) is 16.3. The van der Waals surface area contributed by atoms with Crippen LogP contribution in [0.15, 0.2) is 21.4 Å². The van der Waals surface area contributed by atoms with Crippen LogP contribution in [0.25, 0.3) is 21.3 Å². The Bertz CT molecular complexity index is 1610. The van der Waals surface area contributed by atoms with Crippen molar-refractivity contribution in [1.82, 2.24) is 24.4 Å². The van der Waals surface area contributed by atoms with Gasteiger partial charge in [0.1, 0.15) is 22.7 Å². The van der Waals surface area contributed by atoms with Crippen LogP contribution in [0.2, 0.25) is 5.02 Å². The average molecular weight is 662 g/mol. The molecule has 3 heterocycles. The Kier molecular flexibility index (Phi) is 8.44. The minimum absolute atomic E-state index is 0.0941. The minimum Gasteiger partial charge on any atom is -0.415 e. The summed E-state index contributed by atoms with van der Waals surface area (Å²) in [5.41, 5.74) is -2.19. The van der Waals surface area contributed by atoms with Gasteiger partial charge >= 0.3 is 6.18 Å². The predicted octanol–water partition coefficient (Wildman–Crippen LogP) is 4.93. The molecule has 0 bridgehead atoms. The predicted molar refractivity (Wildman–Crippen MR) is 137 cm³/mol. The number of amides is 1. The highest BCUT2D eigenvalue weighted by atomic mass is 35.5. The molecule has 1 aliphatic heterocycles. The Morgan fingerprint density at radius 3 is 2.38 bits per heavy atom. The molecule has 1 aliphatic rings. The first-order valence-corrected chi connectivity index (χ1v) is 14.6. The van der Waals surface area contributed by atoms with Gasteiger partial charge < -0.3 is 14.4 Å². The molecular weight excluding hydrogens is 640 g/mol. The summed E-state index contributed by atoms with van der Waals surface area (Å²) in [6.07, 6.45) is -6.14. The molecule has 1 amide bonds. The van der Waals surface area contributed by atoms with Crippen molar-refractivity contribution in [1.29, 1.82) is 0 Å². The van der Waals surface area contributed by atoms with E-state index in [9.17, 15) is 40.3 Å². The van der Waals surface area contributed by atoms with E-state index in [0.717, 1.165) is 11.0 Å². The summed E-state index contributed by atoms with van der Waals surface area (Å²) in [5, 5.41) is 16.7. The third-order valence-corrected chi connectivity index (χ3v) is 9.39.